The van der Waals surface area contributed by atoms with E-state index < -0.39 is 41.9 Å². The zero-order valence-corrected chi connectivity index (χ0v) is 50.9. The Balaban J connectivity index is 0.000000499. The number of rotatable bonds is 16. The van der Waals surface area contributed by atoms with Gasteiger partial charge in [-0.2, -0.15) is 31.9 Å². The molecule has 6 atom stereocenters. The van der Waals surface area contributed by atoms with Gasteiger partial charge in [0, 0.05) is 61.5 Å². The number of guanidine groups is 3. The first-order valence-corrected chi connectivity index (χ1v) is 37.8. The van der Waals surface area contributed by atoms with Crippen LogP contribution in [0.25, 0.3) is 0 Å². The molecule has 6 aliphatic heterocycles. The third-order valence-corrected chi connectivity index (χ3v) is 21.3. The summed E-state index contributed by atoms with van der Waals surface area (Å²) in [7, 11) is -38.0. The molecule has 0 saturated carbocycles. The molecule has 0 amide bonds. The molecule has 13 nitrogen and oxygen atoms in total. The molecule has 0 aromatic heterocycles. The van der Waals surface area contributed by atoms with Gasteiger partial charge >= 0.3 is 117 Å². The summed E-state index contributed by atoms with van der Waals surface area (Å²) in [6, 6.07) is 24.0. The molecule has 2 aromatic carbocycles. The molecule has 478 valence electrons. The number of thioether (sulfide) groups is 2. The van der Waals surface area contributed by atoms with Crippen molar-refractivity contribution in [3.05, 3.63) is 60.7 Å². The Morgan fingerprint density at radius 3 is 0.963 bits per heavy atom. The fraction of sp³-hybridized carbons (Fsp3) is 0.659. The monoisotopic (exact) mass is 1350 g/mol. The van der Waals surface area contributed by atoms with Gasteiger partial charge in [-0.15, -0.1) is 0 Å². The van der Waals surface area contributed by atoms with Crippen molar-refractivity contribution in [3.8, 4) is 0 Å². The van der Waals surface area contributed by atoms with Gasteiger partial charge in [0.15, 0.2) is 0 Å². The fourth-order valence-corrected chi connectivity index (χ4v) is 17.2. The molecule has 0 bridgehead atoms. The predicted molar refractivity (Wildman–Crippen MR) is 294 cm³/mol. The van der Waals surface area contributed by atoms with E-state index in [9.17, 15) is 84.0 Å². The van der Waals surface area contributed by atoms with E-state index in [0.717, 1.165) is 107 Å². The SMILES string of the molecule is CC(C)(C)[Si](OC[C@H]1CC[N+]2=C(N1)N[C@@H](CSC[C@H]1CC[N+]3=C(N1)N[C@@H](CSC[C@H]1CC[N+]4=C(N[C@@H](COS(C)(=O)=O)CC4)N1)CC3)CC2)(c1ccccc1)c1ccccc1.F[P-](F)(F)(F)(F)F.F[P-](F)(F)(F)(F)F.F[P-](F)(F)(F)(F)F. The van der Waals surface area contributed by atoms with Crippen molar-refractivity contribution in [2.24, 2.45) is 0 Å². The van der Waals surface area contributed by atoms with Gasteiger partial charge in [-0.1, -0.05) is 81.4 Å². The molecule has 38 heteroatoms. The van der Waals surface area contributed by atoms with Crippen LogP contribution in [-0.4, -0.2) is 166 Å². The van der Waals surface area contributed by atoms with Gasteiger partial charge in [0.05, 0.1) is 88.9 Å². The van der Waals surface area contributed by atoms with Gasteiger partial charge in [-0.25, -0.2) is 0 Å². The van der Waals surface area contributed by atoms with Gasteiger partial charge in [0.1, 0.15) is 6.04 Å². The van der Waals surface area contributed by atoms with E-state index in [4.69, 9.17) is 8.61 Å². The normalized spacial score (nSPS) is 26.0. The summed E-state index contributed by atoms with van der Waals surface area (Å²) in [4.78, 5) is 0. The molecular weight excluding hydrogens is 1280 g/mol. The van der Waals surface area contributed by atoms with Crippen molar-refractivity contribution in [1.29, 1.82) is 0 Å². The first-order chi connectivity index (χ1) is 36.8. The zero-order chi connectivity index (χ0) is 61.7. The first kappa shape index (κ1) is 69.8. The third-order valence-electron chi connectivity index (χ3n) is 13.2. The van der Waals surface area contributed by atoms with Gasteiger partial charge in [-0.05, 0) is 15.4 Å². The van der Waals surface area contributed by atoms with E-state index in [2.05, 4.69) is 139 Å². The molecular formula is C44H70F18N9O4P3S3Si. The van der Waals surface area contributed by atoms with Crippen LogP contribution in [0.3, 0.4) is 0 Å². The number of hydrogen-bond donors (Lipinski definition) is 6. The average Bonchev–Trinajstić information content (AvgIpc) is 3.30. The Labute approximate surface area is 473 Å². The van der Waals surface area contributed by atoms with E-state index in [1.54, 1.807) is 0 Å². The van der Waals surface area contributed by atoms with Gasteiger partial charge < -0.3 is 4.43 Å². The van der Waals surface area contributed by atoms with Crippen molar-refractivity contribution >= 4 is 93.6 Å². The topological polar surface area (TPSA) is 134 Å². The molecule has 8 rings (SSSR count). The molecule has 82 heavy (non-hydrogen) atoms. The Bertz CT molecular complexity index is 2600. The van der Waals surface area contributed by atoms with E-state index in [1.807, 2.05) is 11.8 Å². The van der Waals surface area contributed by atoms with Crippen molar-refractivity contribution in [2.75, 3.05) is 81.7 Å². The molecule has 0 aliphatic carbocycles. The Hall–Kier alpha value is -2.93. The van der Waals surface area contributed by atoms with Crippen molar-refractivity contribution in [2.45, 2.75) is 101 Å². The van der Waals surface area contributed by atoms with Crippen molar-refractivity contribution < 1.29 is 106 Å². The summed E-state index contributed by atoms with van der Waals surface area (Å²) in [5.41, 5.74) is 0. The summed E-state index contributed by atoms with van der Waals surface area (Å²) >= 11 is 4.11. The summed E-state index contributed by atoms with van der Waals surface area (Å²) in [5.74, 6) is 7.77. The van der Waals surface area contributed by atoms with Crippen LogP contribution in [0.5, 0.6) is 0 Å². The van der Waals surface area contributed by atoms with Crippen LogP contribution in [0, 0.1) is 0 Å². The quantitative estimate of drug-likeness (QED) is 0.0314. The molecule has 6 N–H and O–H groups in total. The van der Waals surface area contributed by atoms with Crippen LogP contribution in [-0.2, 0) is 18.7 Å². The molecule has 0 unspecified atom stereocenters. The Kier molecular flexibility index (Phi) is 20.1. The Morgan fingerprint density at radius 1 is 0.463 bits per heavy atom. The number of benzene rings is 2. The Morgan fingerprint density at radius 2 is 0.707 bits per heavy atom. The van der Waals surface area contributed by atoms with Gasteiger partial charge in [-0.3, -0.25) is 49.8 Å². The van der Waals surface area contributed by atoms with E-state index in [1.165, 1.54) is 28.7 Å². The van der Waals surface area contributed by atoms with Gasteiger partial charge in [0.25, 0.3) is 18.4 Å². The van der Waals surface area contributed by atoms with Crippen LogP contribution in [0.15, 0.2) is 60.7 Å². The fourth-order valence-electron chi connectivity index (χ4n) is 9.79. The molecule has 0 spiro atoms. The zero-order valence-electron chi connectivity index (χ0n) is 44.8. The molecule has 2 aromatic rings. The van der Waals surface area contributed by atoms with Crippen LogP contribution in [0.2, 0.25) is 5.04 Å². The standard InChI is InChI=1S/C44H67N9O4S3Si.3F6P/c1-44(2,3)61(39-11-7-5-8-12-39,40-13-9-6-10-14-40)57-28-34-16-22-52-24-18-36(48-42(52)46-34)30-59-32-38-20-26-53-25-19-37(49-43(53)50-38)31-58-29-35-17-23-51-21-15-33(45-41(51)47-35)27-56-60(4,54)55;3*1-7(2,3,4,5)6/h5-14,33-38H,15-32H2,1-4H3,(H3,45,46,47,48,49,50);;;/q;3*-1/p+3/t33-,34-,35-,36-,37-,38-;;;/m1.../s1. The van der Waals surface area contributed by atoms with Crippen LogP contribution in [0.1, 0.15) is 59.3 Å². The summed E-state index contributed by atoms with van der Waals surface area (Å²) in [6.45, 7) is 14.2. The minimum atomic E-state index is -10.7. The van der Waals surface area contributed by atoms with E-state index >= 15 is 0 Å². The minimum absolute atomic E-state index is 0.00167. The predicted octanol–water partition coefficient (Wildman–Crippen LogP) is 11.4. The maximum atomic E-state index is 11.5. The summed E-state index contributed by atoms with van der Waals surface area (Å²) in [6.07, 6.45) is 7.66. The second kappa shape index (κ2) is 23.6. The van der Waals surface area contributed by atoms with Crippen molar-refractivity contribution in [1.82, 2.24) is 31.9 Å². The third kappa shape index (κ3) is 29.0. The second-order valence-corrected chi connectivity index (χ2v) is 35.5. The maximum absolute atomic E-state index is 11.5. The number of nitrogens with zero attached hydrogens (tertiary/aromatic N) is 3. The average molecular weight is 1350 g/mol. The van der Waals surface area contributed by atoms with Crippen molar-refractivity contribution in [3.63, 3.8) is 0 Å². The number of hydrogen-bond acceptors (Lipinski definition) is 12. The van der Waals surface area contributed by atoms with Crippen LogP contribution >= 0.6 is 46.9 Å². The number of halogens is 18. The summed E-state index contributed by atoms with van der Waals surface area (Å²) in [5, 5.41) is 25.4. The number of nitrogens with one attached hydrogen (secondary N) is 6. The van der Waals surface area contributed by atoms with Crippen LogP contribution < -0.4 is 42.3 Å². The summed E-state index contributed by atoms with van der Waals surface area (Å²) < 4.78 is 220. The van der Waals surface area contributed by atoms with E-state index in [0.29, 0.717) is 30.8 Å². The molecule has 0 saturated heterocycles. The van der Waals surface area contributed by atoms with Crippen LogP contribution in [0.4, 0.5) is 75.5 Å². The second-order valence-electron chi connectivity index (χ2n) is 21.7. The van der Waals surface area contributed by atoms with Gasteiger partial charge in [0.2, 0.25) is 0 Å². The first-order valence-electron chi connectivity index (χ1n) is 25.7. The molecule has 6 aliphatic rings. The molecule has 0 radical (unpaired) electrons. The van der Waals surface area contributed by atoms with E-state index in [-0.39, 0.29) is 23.7 Å². The molecule has 6 heterocycles. The molecule has 0 fully saturated rings.